The summed E-state index contributed by atoms with van der Waals surface area (Å²) in [5.41, 5.74) is 1.31. The van der Waals surface area contributed by atoms with Gasteiger partial charge in [-0.15, -0.1) is 0 Å². The number of furan rings is 1. The number of hydrogen-bond acceptors (Lipinski definition) is 3. The van der Waals surface area contributed by atoms with Crippen molar-refractivity contribution in [2.24, 2.45) is 0 Å². The van der Waals surface area contributed by atoms with E-state index in [4.69, 9.17) is 4.42 Å². The zero-order valence-electron chi connectivity index (χ0n) is 12.4. The van der Waals surface area contributed by atoms with Gasteiger partial charge in [0.1, 0.15) is 5.76 Å². The van der Waals surface area contributed by atoms with Gasteiger partial charge >= 0.3 is 0 Å². The first-order valence-electron chi connectivity index (χ1n) is 7.08. The predicted octanol–water partition coefficient (Wildman–Crippen LogP) is 3.33. The van der Waals surface area contributed by atoms with Crippen LogP contribution in [-0.4, -0.2) is 23.3 Å². The number of amides is 2. The molecule has 2 heterocycles. The lowest BCUT2D eigenvalue weighted by Gasteiger charge is -2.06. The monoisotopic (exact) mass is 453 g/mol. The van der Waals surface area contributed by atoms with Gasteiger partial charge in [0.05, 0.1) is 24.9 Å². The van der Waals surface area contributed by atoms with Gasteiger partial charge in [0.15, 0.2) is 0 Å². The van der Waals surface area contributed by atoms with Crippen LogP contribution in [0.25, 0.3) is 10.9 Å². The highest BCUT2D eigenvalue weighted by atomic mass is 79.9. The molecule has 0 aliphatic rings. The normalized spacial score (nSPS) is 10.8. The average molecular weight is 455 g/mol. The van der Waals surface area contributed by atoms with Crippen LogP contribution in [0.5, 0.6) is 0 Å². The van der Waals surface area contributed by atoms with Crippen LogP contribution in [0.2, 0.25) is 0 Å². The molecular weight excluding hydrogens is 442 g/mol. The Morgan fingerprint density at radius 3 is 2.71 bits per heavy atom. The smallest absolute Gasteiger partial charge is 0.253 e. The number of halogens is 2. The minimum Gasteiger partial charge on any atom is -0.467 e. The van der Waals surface area contributed by atoms with Crippen molar-refractivity contribution in [2.45, 2.75) is 6.54 Å². The Hall–Kier alpha value is -2.06. The van der Waals surface area contributed by atoms with Crippen LogP contribution in [0.3, 0.4) is 0 Å². The molecule has 0 atom stereocenters. The van der Waals surface area contributed by atoms with Crippen LogP contribution in [-0.2, 0) is 11.3 Å². The molecule has 124 valence electrons. The SMILES string of the molecule is O=C(CNC(=O)c1c[nH]c2cc(Br)c(Br)cc12)NCc1ccco1. The van der Waals surface area contributed by atoms with Gasteiger partial charge in [0.25, 0.3) is 5.91 Å². The summed E-state index contributed by atoms with van der Waals surface area (Å²) >= 11 is 6.84. The molecule has 2 aromatic heterocycles. The fourth-order valence-corrected chi connectivity index (χ4v) is 2.91. The molecule has 1 aromatic carbocycles. The van der Waals surface area contributed by atoms with Crippen molar-refractivity contribution in [2.75, 3.05) is 6.54 Å². The maximum atomic E-state index is 12.3. The summed E-state index contributed by atoms with van der Waals surface area (Å²) in [4.78, 5) is 27.1. The van der Waals surface area contributed by atoms with E-state index in [-0.39, 0.29) is 24.9 Å². The van der Waals surface area contributed by atoms with Crippen molar-refractivity contribution >= 4 is 54.6 Å². The molecular formula is C16H13Br2N3O3. The lowest BCUT2D eigenvalue weighted by molar-refractivity contribution is -0.120. The number of carbonyl (C=O) groups is 2. The van der Waals surface area contributed by atoms with Crippen LogP contribution in [0.15, 0.2) is 50.1 Å². The van der Waals surface area contributed by atoms with Gasteiger partial charge in [-0.3, -0.25) is 9.59 Å². The number of H-pyrrole nitrogens is 1. The van der Waals surface area contributed by atoms with Crippen molar-refractivity contribution in [1.82, 2.24) is 15.6 Å². The standard InChI is InChI=1S/C16H13Br2N3O3/c17-12-4-10-11(7-19-14(10)5-13(12)18)16(23)21-8-15(22)20-6-9-2-1-3-24-9/h1-5,7,19H,6,8H2,(H,20,22)(H,21,23). The second-order valence-corrected chi connectivity index (χ2v) is 6.76. The molecule has 3 N–H and O–H groups in total. The third-order valence-electron chi connectivity index (χ3n) is 3.42. The average Bonchev–Trinajstić information content (AvgIpc) is 3.21. The van der Waals surface area contributed by atoms with Crippen molar-refractivity contribution in [3.8, 4) is 0 Å². The van der Waals surface area contributed by atoms with Crippen molar-refractivity contribution in [1.29, 1.82) is 0 Å². The lowest BCUT2D eigenvalue weighted by Crippen LogP contribution is -2.36. The second-order valence-electron chi connectivity index (χ2n) is 5.05. The van der Waals surface area contributed by atoms with E-state index in [1.54, 1.807) is 18.3 Å². The summed E-state index contributed by atoms with van der Waals surface area (Å²) in [6.07, 6.45) is 3.16. The van der Waals surface area contributed by atoms with E-state index in [1.807, 2.05) is 12.1 Å². The Bertz CT molecular complexity index is 887. The van der Waals surface area contributed by atoms with Gasteiger partial charge in [0.2, 0.25) is 5.91 Å². The van der Waals surface area contributed by atoms with Crippen LogP contribution in [0, 0.1) is 0 Å². The minimum absolute atomic E-state index is 0.107. The first-order chi connectivity index (χ1) is 11.5. The zero-order valence-corrected chi connectivity index (χ0v) is 15.5. The molecule has 0 radical (unpaired) electrons. The van der Waals surface area contributed by atoms with Crippen LogP contribution in [0.4, 0.5) is 0 Å². The molecule has 0 spiro atoms. The molecule has 0 aliphatic carbocycles. The molecule has 0 bridgehead atoms. The molecule has 0 saturated carbocycles. The Kier molecular flexibility index (Phi) is 5.06. The predicted molar refractivity (Wildman–Crippen MR) is 96.6 cm³/mol. The summed E-state index contributed by atoms with van der Waals surface area (Å²) in [6.45, 7) is 0.180. The number of aromatic amines is 1. The Labute approximate surface area is 154 Å². The third kappa shape index (κ3) is 3.70. The highest BCUT2D eigenvalue weighted by Gasteiger charge is 2.14. The topological polar surface area (TPSA) is 87.1 Å². The number of aromatic nitrogens is 1. The van der Waals surface area contributed by atoms with E-state index < -0.39 is 0 Å². The summed E-state index contributed by atoms with van der Waals surface area (Å²) < 4.78 is 6.86. The molecule has 6 nitrogen and oxygen atoms in total. The van der Waals surface area contributed by atoms with Crippen molar-refractivity contribution < 1.29 is 14.0 Å². The van der Waals surface area contributed by atoms with Gasteiger partial charge in [0, 0.05) is 26.0 Å². The highest BCUT2D eigenvalue weighted by Crippen LogP contribution is 2.29. The van der Waals surface area contributed by atoms with Gasteiger partial charge in [-0.2, -0.15) is 0 Å². The summed E-state index contributed by atoms with van der Waals surface area (Å²) in [5, 5.41) is 6.06. The van der Waals surface area contributed by atoms with Gasteiger partial charge in [-0.05, 0) is 56.1 Å². The number of fused-ring (bicyclic) bond motifs is 1. The quantitative estimate of drug-likeness (QED) is 0.552. The molecule has 3 rings (SSSR count). The Balaban J connectivity index is 1.61. The molecule has 0 saturated heterocycles. The summed E-state index contributed by atoms with van der Waals surface area (Å²) in [5.74, 6) is 0.0499. The second kappa shape index (κ2) is 7.23. The molecule has 0 fully saturated rings. The summed E-state index contributed by atoms with van der Waals surface area (Å²) in [7, 11) is 0. The molecule has 3 aromatic rings. The number of carbonyl (C=O) groups excluding carboxylic acids is 2. The summed E-state index contributed by atoms with van der Waals surface area (Å²) in [6, 6.07) is 7.24. The van der Waals surface area contributed by atoms with E-state index in [9.17, 15) is 9.59 Å². The molecule has 24 heavy (non-hydrogen) atoms. The number of hydrogen-bond donors (Lipinski definition) is 3. The van der Waals surface area contributed by atoms with Gasteiger partial charge in [-0.25, -0.2) is 0 Å². The van der Waals surface area contributed by atoms with E-state index >= 15 is 0 Å². The van der Waals surface area contributed by atoms with Crippen molar-refractivity contribution in [3.05, 3.63) is 57.0 Å². The number of nitrogens with one attached hydrogen (secondary N) is 3. The molecule has 0 unspecified atom stereocenters. The van der Waals surface area contributed by atoms with Gasteiger partial charge < -0.3 is 20.0 Å². The third-order valence-corrected chi connectivity index (χ3v) is 5.26. The molecule has 2 amide bonds. The largest absolute Gasteiger partial charge is 0.467 e. The Morgan fingerprint density at radius 1 is 1.17 bits per heavy atom. The van der Waals surface area contributed by atoms with Crippen molar-refractivity contribution in [3.63, 3.8) is 0 Å². The van der Waals surface area contributed by atoms with Crippen LogP contribution < -0.4 is 10.6 Å². The first-order valence-corrected chi connectivity index (χ1v) is 8.66. The highest BCUT2D eigenvalue weighted by molar-refractivity contribution is 9.13. The first kappa shape index (κ1) is 16.8. The zero-order chi connectivity index (χ0) is 17.1. The minimum atomic E-state index is -0.316. The van der Waals surface area contributed by atoms with E-state index in [2.05, 4.69) is 47.5 Å². The number of rotatable bonds is 5. The maximum Gasteiger partial charge on any atom is 0.253 e. The lowest BCUT2D eigenvalue weighted by atomic mass is 10.1. The Morgan fingerprint density at radius 2 is 1.96 bits per heavy atom. The molecule has 8 heteroatoms. The fourth-order valence-electron chi connectivity index (χ4n) is 2.22. The maximum absolute atomic E-state index is 12.3. The molecule has 0 aliphatic heterocycles. The number of benzene rings is 1. The fraction of sp³-hybridized carbons (Fsp3) is 0.125. The van der Waals surface area contributed by atoms with Gasteiger partial charge in [-0.1, -0.05) is 0 Å². The van der Waals surface area contributed by atoms with E-state index in [0.29, 0.717) is 11.3 Å². The van der Waals surface area contributed by atoms with Crippen LogP contribution >= 0.6 is 31.9 Å². The van der Waals surface area contributed by atoms with E-state index in [1.165, 1.54) is 6.26 Å². The van der Waals surface area contributed by atoms with Crippen LogP contribution in [0.1, 0.15) is 16.1 Å². The van der Waals surface area contributed by atoms with E-state index in [0.717, 1.165) is 19.8 Å².